The third-order valence-electron chi connectivity index (χ3n) is 4.51. The smallest absolute Gasteiger partial charge is 0.416 e. The van der Waals surface area contributed by atoms with Crippen molar-refractivity contribution in [2.24, 2.45) is 0 Å². The summed E-state index contributed by atoms with van der Waals surface area (Å²) in [4.78, 5) is 2.98. The van der Waals surface area contributed by atoms with Gasteiger partial charge in [-0.2, -0.15) is 13.2 Å². The summed E-state index contributed by atoms with van der Waals surface area (Å²) in [6.07, 6.45) is 0.935. The maximum atomic E-state index is 12.2. The average Bonchev–Trinajstić information content (AvgIpc) is 2.87. The predicted octanol–water partition coefficient (Wildman–Crippen LogP) is 5.43. The molecule has 6 heteroatoms. The van der Waals surface area contributed by atoms with E-state index in [0.717, 1.165) is 29.3 Å². The second-order valence-corrected chi connectivity index (χ2v) is 6.22. The van der Waals surface area contributed by atoms with Crippen molar-refractivity contribution in [1.82, 2.24) is 4.98 Å². The Morgan fingerprint density at radius 3 is 2.28 bits per heavy atom. The fourth-order valence-electron chi connectivity index (χ4n) is 2.82. The molecular formula is C19H19F3N2O. The number of aromatic amines is 1. The highest BCUT2D eigenvalue weighted by Crippen LogP contribution is 2.37. The number of phenolic OH excluding ortho intramolecular Hbond substituents is 1. The van der Waals surface area contributed by atoms with E-state index in [1.54, 1.807) is 36.5 Å². The first-order chi connectivity index (χ1) is 11.8. The predicted molar refractivity (Wildman–Crippen MR) is 92.4 cm³/mol. The SMILES string of the molecule is FC(F)(F)c1ccc(C2CCC2)cc1.Nc1c[nH]c2ccc(O)cc12. The molecule has 0 radical (unpaired) electrons. The Morgan fingerprint density at radius 1 is 1.04 bits per heavy atom. The van der Waals surface area contributed by atoms with Crippen molar-refractivity contribution in [3.05, 3.63) is 59.8 Å². The molecular weight excluding hydrogens is 329 g/mol. The molecule has 0 amide bonds. The van der Waals surface area contributed by atoms with Crippen molar-refractivity contribution in [3.8, 4) is 5.75 Å². The van der Waals surface area contributed by atoms with Crippen LogP contribution in [0.15, 0.2) is 48.7 Å². The van der Waals surface area contributed by atoms with Gasteiger partial charge in [0.1, 0.15) is 5.75 Å². The summed E-state index contributed by atoms with van der Waals surface area (Å²) in [5.41, 5.74) is 7.70. The van der Waals surface area contributed by atoms with Gasteiger partial charge in [-0.3, -0.25) is 0 Å². The number of aromatic nitrogens is 1. The molecule has 4 rings (SSSR count). The number of hydrogen-bond donors (Lipinski definition) is 3. The van der Waals surface area contributed by atoms with Gasteiger partial charge in [-0.15, -0.1) is 0 Å². The second kappa shape index (κ2) is 6.70. The van der Waals surface area contributed by atoms with Crippen LogP contribution in [0.3, 0.4) is 0 Å². The summed E-state index contributed by atoms with van der Waals surface area (Å²) in [6.45, 7) is 0. The van der Waals surface area contributed by atoms with Crippen LogP contribution in [0.2, 0.25) is 0 Å². The summed E-state index contributed by atoms with van der Waals surface area (Å²) < 4.78 is 36.6. The molecule has 2 aromatic carbocycles. The number of phenols is 1. The average molecular weight is 348 g/mol. The number of H-pyrrole nitrogens is 1. The first kappa shape index (κ1) is 17.2. The van der Waals surface area contributed by atoms with E-state index >= 15 is 0 Å². The Kier molecular flexibility index (Phi) is 4.61. The number of rotatable bonds is 1. The molecule has 0 saturated heterocycles. The first-order valence-electron chi connectivity index (χ1n) is 8.07. The first-order valence-corrected chi connectivity index (χ1v) is 8.07. The molecule has 25 heavy (non-hydrogen) atoms. The van der Waals surface area contributed by atoms with Crippen molar-refractivity contribution >= 4 is 16.6 Å². The summed E-state index contributed by atoms with van der Waals surface area (Å²) in [7, 11) is 0. The monoisotopic (exact) mass is 348 g/mol. The van der Waals surface area contributed by atoms with E-state index in [9.17, 15) is 13.2 Å². The number of aromatic hydroxyl groups is 1. The van der Waals surface area contributed by atoms with Crippen LogP contribution >= 0.6 is 0 Å². The molecule has 1 heterocycles. The van der Waals surface area contributed by atoms with Gasteiger partial charge in [0, 0.05) is 17.1 Å². The maximum Gasteiger partial charge on any atom is 0.416 e. The highest BCUT2D eigenvalue weighted by Gasteiger charge is 2.30. The number of fused-ring (bicyclic) bond motifs is 1. The van der Waals surface area contributed by atoms with Crippen LogP contribution < -0.4 is 5.73 Å². The zero-order valence-electron chi connectivity index (χ0n) is 13.5. The van der Waals surface area contributed by atoms with Gasteiger partial charge in [-0.05, 0) is 54.7 Å². The Hall–Kier alpha value is -2.63. The number of halogens is 3. The summed E-state index contributed by atoms with van der Waals surface area (Å²) >= 11 is 0. The molecule has 1 aliphatic carbocycles. The van der Waals surface area contributed by atoms with Crippen LogP contribution in [0, 0.1) is 0 Å². The number of alkyl halides is 3. The lowest BCUT2D eigenvalue weighted by Gasteiger charge is -2.25. The maximum absolute atomic E-state index is 12.2. The van der Waals surface area contributed by atoms with Gasteiger partial charge >= 0.3 is 6.18 Å². The third kappa shape index (κ3) is 3.90. The number of hydrogen-bond acceptors (Lipinski definition) is 2. The molecule has 132 valence electrons. The quantitative estimate of drug-likeness (QED) is 0.549. The van der Waals surface area contributed by atoms with E-state index in [1.807, 2.05) is 0 Å². The van der Waals surface area contributed by atoms with E-state index < -0.39 is 11.7 Å². The van der Waals surface area contributed by atoms with Gasteiger partial charge in [0.05, 0.1) is 11.3 Å². The van der Waals surface area contributed by atoms with Gasteiger partial charge in [0.25, 0.3) is 0 Å². The number of nitrogens with one attached hydrogen (secondary N) is 1. The summed E-state index contributed by atoms with van der Waals surface area (Å²) in [5.74, 6) is 0.737. The Balaban J connectivity index is 0.000000150. The third-order valence-corrected chi connectivity index (χ3v) is 4.51. The molecule has 1 aromatic heterocycles. The minimum absolute atomic E-state index is 0.240. The molecule has 0 spiro atoms. The largest absolute Gasteiger partial charge is 0.508 e. The standard InChI is InChI=1S/C11H11F3.C8H8N2O/c12-11(13,14)10-6-4-9(5-7-10)8-2-1-3-8;9-7-4-10-8-2-1-5(11)3-6(7)8/h4-8H,1-3H2;1-4,10-11H,9H2. The highest BCUT2D eigenvalue weighted by molar-refractivity contribution is 5.92. The van der Waals surface area contributed by atoms with Gasteiger partial charge in [0.2, 0.25) is 0 Å². The molecule has 3 aromatic rings. The Morgan fingerprint density at radius 2 is 1.72 bits per heavy atom. The van der Waals surface area contributed by atoms with Crippen LogP contribution in [0.25, 0.3) is 10.9 Å². The van der Waals surface area contributed by atoms with Crippen molar-refractivity contribution in [2.45, 2.75) is 31.4 Å². The topological polar surface area (TPSA) is 62.0 Å². The van der Waals surface area contributed by atoms with Gasteiger partial charge in [0.15, 0.2) is 0 Å². The zero-order valence-corrected chi connectivity index (χ0v) is 13.5. The van der Waals surface area contributed by atoms with E-state index in [1.165, 1.54) is 18.6 Å². The zero-order chi connectivity index (χ0) is 18.0. The van der Waals surface area contributed by atoms with Crippen LogP contribution in [-0.4, -0.2) is 10.1 Å². The molecule has 1 saturated carbocycles. The molecule has 1 aliphatic rings. The van der Waals surface area contributed by atoms with Gasteiger partial charge in [-0.1, -0.05) is 18.6 Å². The number of nitrogen functional groups attached to an aromatic ring is 1. The van der Waals surface area contributed by atoms with E-state index in [2.05, 4.69) is 4.98 Å². The molecule has 1 fully saturated rings. The van der Waals surface area contributed by atoms with Crippen LogP contribution in [0.4, 0.5) is 18.9 Å². The fraction of sp³-hybridized carbons (Fsp3) is 0.263. The summed E-state index contributed by atoms with van der Waals surface area (Å²) in [6, 6.07) is 10.6. The van der Waals surface area contributed by atoms with Crippen molar-refractivity contribution < 1.29 is 18.3 Å². The van der Waals surface area contributed by atoms with Gasteiger partial charge in [-0.25, -0.2) is 0 Å². The van der Waals surface area contributed by atoms with Crippen molar-refractivity contribution in [3.63, 3.8) is 0 Å². The molecule has 4 N–H and O–H groups in total. The fourth-order valence-corrected chi connectivity index (χ4v) is 2.82. The molecule has 0 unspecified atom stereocenters. The van der Waals surface area contributed by atoms with E-state index in [-0.39, 0.29) is 5.75 Å². The minimum Gasteiger partial charge on any atom is -0.508 e. The van der Waals surface area contributed by atoms with Gasteiger partial charge < -0.3 is 15.8 Å². The van der Waals surface area contributed by atoms with Crippen molar-refractivity contribution in [2.75, 3.05) is 5.73 Å². The van der Waals surface area contributed by atoms with E-state index in [0.29, 0.717) is 11.6 Å². The van der Waals surface area contributed by atoms with Crippen LogP contribution in [0.1, 0.15) is 36.3 Å². The molecule has 0 bridgehead atoms. The number of anilines is 1. The number of nitrogens with two attached hydrogens (primary N) is 1. The lowest BCUT2D eigenvalue weighted by molar-refractivity contribution is -0.137. The Labute approximate surface area is 143 Å². The van der Waals surface area contributed by atoms with Crippen molar-refractivity contribution in [1.29, 1.82) is 0 Å². The van der Waals surface area contributed by atoms with E-state index in [4.69, 9.17) is 10.8 Å². The van der Waals surface area contributed by atoms with Crippen LogP contribution in [-0.2, 0) is 6.18 Å². The molecule has 3 nitrogen and oxygen atoms in total. The molecule has 0 aliphatic heterocycles. The highest BCUT2D eigenvalue weighted by atomic mass is 19.4. The second-order valence-electron chi connectivity index (χ2n) is 6.22. The Bertz CT molecular complexity index is 849. The molecule has 0 atom stereocenters. The normalized spacial score (nSPS) is 14.7. The lowest BCUT2D eigenvalue weighted by atomic mass is 9.80. The minimum atomic E-state index is -4.21. The van der Waals surface area contributed by atoms with Crippen LogP contribution in [0.5, 0.6) is 5.75 Å². The lowest BCUT2D eigenvalue weighted by Crippen LogP contribution is -2.10. The summed E-state index contributed by atoms with van der Waals surface area (Å²) in [5, 5.41) is 9.97. The number of benzene rings is 2.